The van der Waals surface area contributed by atoms with Crippen LogP contribution < -0.4 is 5.32 Å². The number of pyridine rings is 2. The number of oxime groups is 1. The monoisotopic (exact) mass is 351 g/mol. The van der Waals surface area contributed by atoms with Crippen molar-refractivity contribution in [2.75, 3.05) is 18.4 Å². The second kappa shape index (κ2) is 6.84. The summed E-state index contributed by atoms with van der Waals surface area (Å²) >= 11 is 0. The molecule has 0 radical (unpaired) electrons. The third-order valence-electron chi connectivity index (χ3n) is 4.88. The van der Waals surface area contributed by atoms with E-state index in [-0.39, 0.29) is 5.91 Å². The van der Waals surface area contributed by atoms with Crippen molar-refractivity contribution in [1.29, 1.82) is 0 Å². The van der Waals surface area contributed by atoms with E-state index in [1.807, 2.05) is 25.3 Å². The Morgan fingerprint density at radius 2 is 2.23 bits per heavy atom. The number of aryl methyl sites for hydroxylation is 1. The maximum Gasteiger partial charge on any atom is 0.273 e. The fourth-order valence-electron chi connectivity index (χ4n) is 3.49. The van der Waals surface area contributed by atoms with E-state index in [0.29, 0.717) is 17.8 Å². The van der Waals surface area contributed by atoms with Crippen LogP contribution >= 0.6 is 0 Å². The highest BCUT2D eigenvalue weighted by Gasteiger charge is 2.46. The maximum atomic E-state index is 12.5. The third-order valence-corrected chi connectivity index (χ3v) is 4.88. The highest BCUT2D eigenvalue weighted by Crippen LogP contribution is 2.34. The second-order valence-electron chi connectivity index (χ2n) is 6.90. The molecule has 1 atom stereocenters. The topological polar surface area (TPSA) is 79.7 Å². The largest absolute Gasteiger partial charge is 0.387 e. The van der Waals surface area contributed by atoms with Gasteiger partial charge in [0.05, 0.1) is 11.4 Å². The first-order chi connectivity index (χ1) is 12.6. The molecule has 4 heterocycles. The van der Waals surface area contributed by atoms with Crippen molar-refractivity contribution in [3.05, 3.63) is 54.1 Å². The van der Waals surface area contributed by atoms with Crippen molar-refractivity contribution in [1.82, 2.24) is 14.9 Å². The SMILES string of the molecule is Cc1ncccc1NC(=O)C1=NO[C@@]2(CCN(Cc3cccnc3)C2)C1. The molecule has 1 spiro atoms. The number of carbonyl (C=O) groups is 1. The number of nitrogens with one attached hydrogen (secondary N) is 1. The summed E-state index contributed by atoms with van der Waals surface area (Å²) in [5.74, 6) is -0.219. The molecule has 2 aromatic rings. The second-order valence-corrected chi connectivity index (χ2v) is 6.90. The molecule has 0 aromatic carbocycles. The number of anilines is 1. The lowest BCUT2D eigenvalue weighted by Crippen LogP contribution is -2.35. The van der Waals surface area contributed by atoms with Gasteiger partial charge in [0, 0.05) is 51.1 Å². The van der Waals surface area contributed by atoms with E-state index >= 15 is 0 Å². The fraction of sp³-hybridized carbons (Fsp3) is 0.368. The van der Waals surface area contributed by atoms with E-state index < -0.39 is 5.60 Å². The maximum absolute atomic E-state index is 12.5. The highest BCUT2D eigenvalue weighted by atomic mass is 16.7. The minimum absolute atomic E-state index is 0.219. The van der Waals surface area contributed by atoms with Crippen LogP contribution in [-0.2, 0) is 16.2 Å². The van der Waals surface area contributed by atoms with Gasteiger partial charge in [-0.1, -0.05) is 11.2 Å². The van der Waals surface area contributed by atoms with Gasteiger partial charge in [0.25, 0.3) is 5.91 Å². The number of amides is 1. The van der Waals surface area contributed by atoms with Crippen molar-refractivity contribution in [2.24, 2.45) is 5.16 Å². The van der Waals surface area contributed by atoms with E-state index in [0.717, 1.165) is 31.7 Å². The van der Waals surface area contributed by atoms with Crippen molar-refractivity contribution >= 4 is 17.3 Å². The lowest BCUT2D eigenvalue weighted by atomic mass is 9.96. The number of carbonyl (C=O) groups excluding carboxylic acids is 1. The summed E-state index contributed by atoms with van der Waals surface area (Å²) in [5, 5.41) is 6.96. The van der Waals surface area contributed by atoms with E-state index in [9.17, 15) is 4.79 Å². The van der Waals surface area contributed by atoms with Gasteiger partial charge in [-0.15, -0.1) is 0 Å². The Balaban J connectivity index is 1.36. The molecule has 0 bridgehead atoms. The van der Waals surface area contributed by atoms with Gasteiger partial charge in [0.15, 0.2) is 5.60 Å². The Bertz CT molecular complexity index is 839. The number of likely N-dealkylation sites (tertiary alicyclic amines) is 1. The molecular weight excluding hydrogens is 330 g/mol. The normalized spacial score (nSPS) is 22.3. The Morgan fingerprint density at radius 1 is 1.35 bits per heavy atom. The summed E-state index contributed by atoms with van der Waals surface area (Å²) in [7, 11) is 0. The highest BCUT2D eigenvalue weighted by molar-refractivity contribution is 6.43. The smallest absolute Gasteiger partial charge is 0.273 e. The van der Waals surface area contributed by atoms with Crippen LogP contribution in [0.1, 0.15) is 24.1 Å². The Morgan fingerprint density at radius 3 is 3.04 bits per heavy atom. The van der Waals surface area contributed by atoms with Crippen molar-refractivity contribution in [3.8, 4) is 0 Å². The predicted octanol–water partition coefficient (Wildman–Crippen LogP) is 2.14. The quantitative estimate of drug-likeness (QED) is 0.913. The van der Waals surface area contributed by atoms with Gasteiger partial charge in [-0.2, -0.15) is 0 Å². The number of nitrogens with zero attached hydrogens (tertiary/aromatic N) is 4. The first-order valence-corrected chi connectivity index (χ1v) is 8.73. The Kier molecular flexibility index (Phi) is 4.38. The summed E-state index contributed by atoms with van der Waals surface area (Å²) in [6.07, 6.45) is 6.75. The molecular formula is C19H21N5O2. The lowest BCUT2D eigenvalue weighted by Gasteiger charge is -2.21. The zero-order valence-corrected chi connectivity index (χ0v) is 14.7. The average molecular weight is 351 g/mol. The molecule has 1 amide bonds. The molecule has 1 fully saturated rings. The van der Waals surface area contributed by atoms with Gasteiger partial charge in [0.1, 0.15) is 5.71 Å². The molecule has 7 nitrogen and oxygen atoms in total. The van der Waals surface area contributed by atoms with Gasteiger partial charge in [-0.05, 0) is 30.7 Å². The van der Waals surface area contributed by atoms with Crippen LogP contribution in [0.15, 0.2) is 48.0 Å². The minimum Gasteiger partial charge on any atom is -0.387 e. The standard InChI is InChI=1S/C19H21N5O2/c1-14-16(5-3-8-21-14)22-18(25)17-10-19(26-23-17)6-9-24(13-19)12-15-4-2-7-20-11-15/h2-5,7-8,11H,6,9-10,12-13H2,1H3,(H,22,25)/t19-/m0/s1. The van der Waals surface area contributed by atoms with E-state index in [2.05, 4.69) is 31.4 Å². The fourth-order valence-corrected chi connectivity index (χ4v) is 3.49. The van der Waals surface area contributed by atoms with Gasteiger partial charge in [-0.3, -0.25) is 19.7 Å². The summed E-state index contributed by atoms with van der Waals surface area (Å²) < 4.78 is 0. The molecule has 26 heavy (non-hydrogen) atoms. The average Bonchev–Trinajstić information content (AvgIpc) is 3.25. The molecule has 7 heteroatoms. The van der Waals surface area contributed by atoms with Gasteiger partial charge < -0.3 is 10.2 Å². The lowest BCUT2D eigenvalue weighted by molar-refractivity contribution is -0.110. The molecule has 0 saturated carbocycles. The minimum atomic E-state index is -0.390. The Labute approximate surface area is 152 Å². The van der Waals surface area contributed by atoms with Crippen LogP contribution in [0, 0.1) is 6.92 Å². The molecule has 2 aliphatic rings. The number of hydrogen-bond acceptors (Lipinski definition) is 6. The summed E-state index contributed by atoms with van der Waals surface area (Å²) in [6.45, 7) is 4.36. The van der Waals surface area contributed by atoms with Gasteiger partial charge in [0.2, 0.25) is 0 Å². The zero-order valence-electron chi connectivity index (χ0n) is 14.7. The van der Waals surface area contributed by atoms with Crippen LogP contribution in [0.3, 0.4) is 0 Å². The first kappa shape index (κ1) is 16.7. The summed E-state index contributed by atoms with van der Waals surface area (Å²) in [5.41, 5.74) is 2.70. The molecule has 134 valence electrons. The van der Waals surface area contributed by atoms with Crippen LogP contribution in [0.5, 0.6) is 0 Å². The van der Waals surface area contributed by atoms with Crippen LogP contribution in [0.4, 0.5) is 5.69 Å². The molecule has 2 aliphatic heterocycles. The van der Waals surface area contributed by atoms with E-state index in [1.54, 1.807) is 18.5 Å². The van der Waals surface area contributed by atoms with Gasteiger partial charge >= 0.3 is 0 Å². The number of aromatic nitrogens is 2. The first-order valence-electron chi connectivity index (χ1n) is 8.73. The molecule has 0 unspecified atom stereocenters. The van der Waals surface area contributed by atoms with Crippen molar-refractivity contribution in [2.45, 2.75) is 31.9 Å². The molecule has 1 N–H and O–H groups in total. The number of rotatable bonds is 4. The summed E-state index contributed by atoms with van der Waals surface area (Å²) in [6, 6.07) is 7.64. The predicted molar refractivity (Wildman–Crippen MR) is 97.6 cm³/mol. The van der Waals surface area contributed by atoms with E-state index in [4.69, 9.17) is 4.84 Å². The van der Waals surface area contributed by atoms with Crippen molar-refractivity contribution < 1.29 is 9.63 Å². The summed E-state index contributed by atoms with van der Waals surface area (Å²) in [4.78, 5) is 28.9. The number of hydrogen-bond donors (Lipinski definition) is 1. The third kappa shape index (κ3) is 3.43. The zero-order chi connectivity index (χ0) is 18.0. The molecule has 4 rings (SSSR count). The molecule has 1 saturated heterocycles. The van der Waals surface area contributed by atoms with E-state index in [1.165, 1.54) is 5.56 Å². The van der Waals surface area contributed by atoms with Crippen molar-refractivity contribution in [3.63, 3.8) is 0 Å². The molecule has 2 aromatic heterocycles. The van der Waals surface area contributed by atoms with Crippen LogP contribution in [0.2, 0.25) is 0 Å². The Hall–Kier alpha value is -2.80. The molecule has 0 aliphatic carbocycles. The van der Waals surface area contributed by atoms with Crippen LogP contribution in [-0.4, -0.2) is 45.2 Å². The van der Waals surface area contributed by atoms with Crippen LogP contribution in [0.25, 0.3) is 0 Å². The van der Waals surface area contributed by atoms with Gasteiger partial charge in [-0.25, -0.2) is 0 Å².